The third-order valence-corrected chi connectivity index (χ3v) is 3.63. The molecule has 0 N–H and O–H groups in total. The van der Waals surface area contributed by atoms with E-state index in [4.69, 9.17) is 4.74 Å². The Morgan fingerprint density at radius 2 is 2.05 bits per heavy atom. The van der Waals surface area contributed by atoms with Crippen LogP contribution in [-0.4, -0.2) is 23.6 Å². The number of hydrogen-bond acceptors (Lipinski definition) is 2. The highest BCUT2D eigenvalue weighted by molar-refractivity contribution is 5.72. The van der Waals surface area contributed by atoms with Crippen LogP contribution in [0.25, 0.3) is 0 Å². The fraction of sp³-hybridized carbons (Fsp3) is 0.500. The van der Waals surface area contributed by atoms with E-state index in [1.165, 1.54) is 24.8 Å². The third kappa shape index (κ3) is 4.82. The summed E-state index contributed by atoms with van der Waals surface area (Å²) in [4.78, 5) is 13.3. The Morgan fingerprint density at radius 1 is 1.24 bits per heavy atom. The number of unbranched alkanes of at least 4 members (excludes halogenated alkanes) is 4. The standard InChI is InChI=1S/C18H23NO2/c1-2-3-4-5-6-10-13-19-17(15-21-18(19)20)14-16-11-8-7-9-12-16/h7-9,11-12,17H,2-6,14-15H2,1H3/t17-/m0/s1. The smallest absolute Gasteiger partial charge is 0.422 e. The van der Waals surface area contributed by atoms with Gasteiger partial charge in [-0.05, 0) is 18.4 Å². The van der Waals surface area contributed by atoms with Crippen LogP contribution in [0, 0.1) is 12.0 Å². The van der Waals surface area contributed by atoms with Crippen molar-refractivity contribution in [1.82, 2.24) is 4.90 Å². The van der Waals surface area contributed by atoms with Crippen molar-refractivity contribution >= 4 is 6.09 Å². The molecule has 0 aromatic heterocycles. The van der Waals surface area contributed by atoms with E-state index in [1.54, 1.807) is 4.90 Å². The molecule has 0 unspecified atom stereocenters. The molecule has 0 aliphatic carbocycles. The van der Waals surface area contributed by atoms with Gasteiger partial charge in [0.05, 0.1) is 6.04 Å². The van der Waals surface area contributed by atoms with Crippen molar-refractivity contribution in [1.29, 1.82) is 0 Å². The van der Waals surface area contributed by atoms with Gasteiger partial charge in [-0.2, -0.15) is 0 Å². The first-order chi connectivity index (χ1) is 10.3. The monoisotopic (exact) mass is 285 g/mol. The van der Waals surface area contributed by atoms with Crippen molar-refractivity contribution in [3.05, 3.63) is 35.9 Å². The number of carbonyl (C=O) groups excluding carboxylic acids is 1. The number of amides is 1. The summed E-state index contributed by atoms with van der Waals surface area (Å²) in [6.45, 7) is 2.62. The minimum absolute atomic E-state index is 0.0306. The summed E-state index contributed by atoms with van der Waals surface area (Å²) in [6.07, 6.45) is 6.13. The molecule has 0 spiro atoms. The Balaban J connectivity index is 1.87. The zero-order valence-corrected chi connectivity index (χ0v) is 12.7. The van der Waals surface area contributed by atoms with Crippen molar-refractivity contribution in [2.45, 2.75) is 51.5 Å². The molecule has 1 aromatic carbocycles. The second-order valence-electron chi connectivity index (χ2n) is 5.39. The highest BCUT2D eigenvalue weighted by Gasteiger charge is 2.31. The van der Waals surface area contributed by atoms with E-state index in [0.717, 1.165) is 19.3 Å². The van der Waals surface area contributed by atoms with Crippen LogP contribution in [0.15, 0.2) is 30.3 Å². The van der Waals surface area contributed by atoms with Gasteiger partial charge in [0.15, 0.2) is 0 Å². The maximum absolute atomic E-state index is 11.7. The van der Waals surface area contributed by atoms with Crippen LogP contribution in [0.3, 0.4) is 0 Å². The summed E-state index contributed by atoms with van der Waals surface area (Å²) in [5.41, 5.74) is 1.20. The Kier molecular flexibility index (Phi) is 6.15. The van der Waals surface area contributed by atoms with E-state index in [1.807, 2.05) is 18.2 Å². The molecule has 1 atom stereocenters. The minimum atomic E-state index is -0.308. The largest absolute Gasteiger partial charge is 0.446 e. The van der Waals surface area contributed by atoms with Crippen LogP contribution in [0.1, 0.15) is 44.6 Å². The predicted molar refractivity (Wildman–Crippen MR) is 83.7 cm³/mol. The Hall–Kier alpha value is -1.95. The van der Waals surface area contributed by atoms with E-state index in [9.17, 15) is 4.79 Å². The van der Waals surface area contributed by atoms with E-state index in [2.05, 4.69) is 31.0 Å². The average Bonchev–Trinajstić information content (AvgIpc) is 2.84. The SMILES string of the molecule is CCCCCCC#CN1C(=O)OC[C@@H]1Cc1ccccc1. The summed E-state index contributed by atoms with van der Waals surface area (Å²) in [5, 5.41) is 0. The molecular weight excluding hydrogens is 262 g/mol. The molecule has 1 aromatic rings. The second kappa shape index (κ2) is 8.36. The van der Waals surface area contributed by atoms with Gasteiger partial charge in [0.2, 0.25) is 0 Å². The molecule has 3 heteroatoms. The number of rotatable bonds is 6. The van der Waals surface area contributed by atoms with Gasteiger partial charge in [0.25, 0.3) is 0 Å². The molecule has 3 nitrogen and oxygen atoms in total. The summed E-state index contributed by atoms with van der Waals surface area (Å²) < 4.78 is 5.13. The highest BCUT2D eigenvalue weighted by Crippen LogP contribution is 2.16. The molecule has 1 aliphatic heterocycles. The fourth-order valence-corrected chi connectivity index (χ4v) is 2.42. The van der Waals surface area contributed by atoms with E-state index in [0.29, 0.717) is 6.61 Å². The number of benzene rings is 1. The van der Waals surface area contributed by atoms with Gasteiger partial charge < -0.3 is 4.74 Å². The number of cyclic esters (lactones) is 1. The molecule has 112 valence electrons. The number of carbonyl (C=O) groups is 1. The molecule has 0 saturated carbocycles. The molecule has 2 rings (SSSR count). The Bertz CT molecular complexity index is 501. The summed E-state index contributed by atoms with van der Waals surface area (Å²) >= 11 is 0. The second-order valence-corrected chi connectivity index (χ2v) is 5.39. The van der Waals surface area contributed by atoms with Gasteiger partial charge in [0, 0.05) is 12.5 Å². The molecule has 1 aliphatic rings. The van der Waals surface area contributed by atoms with Crippen LogP contribution < -0.4 is 0 Å². The van der Waals surface area contributed by atoms with E-state index >= 15 is 0 Å². The molecular formula is C18H23NO2. The lowest BCUT2D eigenvalue weighted by Gasteiger charge is -2.14. The van der Waals surface area contributed by atoms with Crippen molar-refractivity contribution in [3.8, 4) is 12.0 Å². The van der Waals surface area contributed by atoms with Gasteiger partial charge in [-0.15, -0.1) is 0 Å². The number of nitrogens with zero attached hydrogens (tertiary/aromatic N) is 1. The summed E-state index contributed by atoms with van der Waals surface area (Å²) in [6, 6.07) is 13.2. The lowest BCUT2D eigenvalue weighted by molar-refractivity contribution is 0.167. The van der Waals surface area contributed by atoms with Gasteiger partial charge >= 0.3 is 6.09 Å². The first-order valence-corrected chi connectivity index (χ1v) is 7.79. The van der Waals surface area contributed by atoms with Crippen LogP contribution in [0.5, 0.6) is 0 Å². The first kappa shape index (κ1) is 15.4. The number of ether oxygens (including phenoxy) is 1. The molecule has 0 radical (unpaired) electrons. The van der Waals surface area contributed by atoms with Gasteiger partial charge in [-0.1, -0.05) is 62.4 Å². The van der Waals surface area contributed by atoms with Gasteiger partial charge in [0.1, 0.15) is 6.61 Å². The van der Waals surface area contributed by atoms with Crippen molar-refractivity contribution < 1.29 is 9.53 Å². The normalized spacial score (nSPS) is 17.3. The predicted octanol–water partition coefficient (Wildman–Crippen LogP) is 3.98. The quantitative estimate of drug-likeness (QED) is 0.584. The van der Waals surface area contributed by atoms with Crippen molar-refractivity contribution in [2.24, 2.45) is 0 Å². The highest BCUT2D eigenvalue weighted by atomic mass is 16.6. The lowest BCUT2D eigenvalue weighted by Crippen LogP contribution is -2.30. The summed E-state index contributed by atoms with van der Waals surface area (Å²) in [7, 11) is 0. The van der Waals surface area contributed by atoms with Crippen LogP contribution in [0.4, 0.5) is 4.79 Å². The van der Waals surface area contributed by atoms with Gasteiger partial charge in [-0.3, -0.25) is 0 Å². The maximum atomic E-state index is 11.7. The zero-order chi connectivity index (χ0) is 14.9. The molecule has 21 heavy (non-hydrogen) atoms. The minimum Gasteiger partial charge on any atom is -0.446 e. The van der Waals surface area contributed by atoms with E-state index < -0.39 is 0 Å². The van der Waals surface area contributed by atoms with E-state index in [-0.39, 0.29) is 12.1 Å². The van der Waals surface area contributed by atoms with Crippen LogP contribution in [0.2, 0.25) is 0 Å². The van der Waals surface area contributed by atoms with Crippen molar-refractivity contribution in [3.63, 3.8) is 0 Å². The van der Waals surface area contributed by atoms with Gasteiger partial charge in [-0.25, -0.2) is 9.69 Å². The third-order valence-electron chi connectivity index (χ3n) is 3.63. The molecule has 1 fully saturated rings. The molecule has 1 saturated heterocycles. The fourth-order valence-electron chi connectivity index (χ4n) is 2.42. The number of hydrogen-bond donors (Lipinski definition) is 0. The average molecular weight is 285 g/mol. The lowest BCUT2D eigenvalue weighted by atomic mass is 10.1. The molecule has 1 heterocycles. The first-order valence-electron chi connectivity index (χ1n) is 7.79. The molecule has 1 amide bonds. The van der Waals surface area contributed by atoms with Crippen LogP contribution >= 0.6 is 0 Å². The Labute approximate surface area is 127 Å². The maximum Gasteiger partial charge on any atom is 0.422 e. The topological polar surface area (TPSA) is 29.5 Å². The molecule has 0 bridgehead atoms. The summed E-state index contributed by atoms with van der Waals surface area (Å²) in [5.74, 6) is 3.11. The van der Waals surface area contributed by atoms with Crippen molar-refractivity contribution in [2.75, 3.05) is 6.61 Å². The Morgan fingerprint density at radius 3 is 2.81 bits per heavy atom. The zero-order valence-electron chi connectivity index (χ0n) is 12.7. The van der Waals surface area contributed by atoms with Crippen LogP contribution in [-0.2, 0) is 11.2 Å².